The van der Waals surface area contributed by atoms with Gasteiger partial charge in [-0.25, -0.2) is 4.98 Å². The van der Waals surface area contributed by atoms with E-state index in [1.54, 1.807) is 27.0 Å². The van der Waals surface area contributed by atoms with E-state index in [1.807, 2.05) is 33.3 Å². The predicted octanol–water partition coefficient (Wildman–Crippen LogP) is 4.10. The van der Waals surface area contributed by atoms with Crippen molar-refractivity contribution in [2.45, 2.75) is 33.2 Å². The molecular formula is C20H28ClN5OS. The smallest absolute Gasteiger partial charge is 0.280 e. The SMILES string of the molecule is CCc1ccc2nc(N(CCCN(C)C)C(=O)c3ccn(CC)n3)sc2c1.Cl. The molecule has 0 fully saturated rings. The zero-order chi connectivity index (χ0) is 19.4. The number of hydrogen-bond donors (Lipinski definition) is 0. The highest BCUT2D eigenvalue weighted by Gasteiger charge is 2.23. The van der Waals surface area contributed by atoms with Crippen molar-refractivity contribution in [3.63, 3.8) is 0 Å². The van der Waals surface area contributed by atoms with Crippen molar-refractivity contribution in [3.05, 3.63) is 41.7 Å². The van der Waals surface area contributed by atoms with Crippen LogP contribution in [0.2, 0.25) is 0 Å². The minimum Gasteiger partial charge on any atom is -0.309 e. The number of carbonyl (C=O) groups excluding carboxylic acids is 1. The number of aryl methyl sites for hydroxylation is 2. The predicted molar refractivity (Wildman–Crippen MR) is 119 cm³/mol. The van der Waals surface area contributed by atoms with Gasteiger partial charge in [0, 0.05) is 19.3 Å². The number of fused-ring (bicyclic) bond motifs is 1. The topological polar surface area (TPSA) is 54.3 Å². The third kappa shape index (κ3) is 5.10. The van der Waals surface area contributed by atoms with Crippen molar-refractivity contribution < 1.29 is 4.79 Å². The second-order valence-electron chi connectivity index (χ2n) is 6.82. The molecule has 2 heterocycles. The number of thiazole rings is 1. The second kappa shape index (κ2) is 10.0. The van der Waals surface area contributed by atoms with Crippen molar-refractivity contribution in [2.24, 2.45) is 0 Å². The summed E-state index contributed by atoms with van der Waals surface area (Å²) in [7, 11) is 4.08. The normalized spacial score (nSPS) is 11.0. The third-order valence-corrected chi connectivity index (χ3v) is 5.54. The Morgan fingerprint density at radius 3 is 2.61 bits per heavy atom. The first-order valence-electron chi connectivity index (χ1n) is 9.41. The van der Waals surface area contributed by atoms with Crippen molar-refractivity contribution >= 4 is 45.0 Å². The highest BCUT2D eigenvalue weighted by Crippen LogP contribution is 2.30. The first kappa shape index (κ1) is 22.3. The van der Waals surface area contributed by atoms with Crippen molar-refractivity contribution in [2.75, 3.05) is 32.1 Å². The lowest BCUT2D eigenvalue weighted by molar-refractivity contribution is 0.0980. The number of rotatable bonds is 8. The van der Waals surface area contributed by atoms with Crippen LogP contribution in [0.1, 0.15) is 36.3 Å². The van der Waals surface area contributed by atoms with E-state index in [0.29, 0.717) is 12.2 Å². The number of amides is 1. The van der Waals surface area contributed by atoms with Gasteiger partial charge in [0.2, 0.25) is 0 Å². The molecular weight excluding hydrogens is 394 g/mol. The second-order valence-corrected chi connectivity index (χ2v) is 7.83. The summed E-state index contributed by atoms with van der Waals surface area (Å²) < 4.78 is 2.89. The lowest BCUT2D eigenvalue weighted by Gasteiger charge is -2.20. The van der Waals surface area contributed by atoms with Gasteiger partial charge in [0.25, 0.3) is 5.91 Å². The zero-order valence-corrected chi connectivity index (χ0v) is 18.5. The number of aromatic nitrogens is 3. The van der Waals surface area contributed by atoms with Gasteiger partial charge < -0.3 is 4.90 Å². The molecule has 8 heteroatoms. The van der Waals surface area contributed by atoms with Gasteiger partial charge in [-0.2, -0.15) is 5.10 Å². The molecule has 0 saturated heterocycles. The molecule has 0 atom stereocenters. The van der Waals surface area contributed by atoms with E-state index < -0.39 is 0 Å². The Hall–Kier alpha value is -1.96. The number of carbonyl (C=O) groups is 1. The van der Waals surface area contributed by atoms with E-state index in [0.717, 1.165) is 41.3 Å². The summed E-state index contributed by atoms with van der Waals surface area (Å²) in [4.78, 5) is 21.8. The summed E-state index contributed by atoms with van der Waals surface area (Å²) in [5.41, 5.74) is 2.69. The van der Waals surface area contributed by atoms with Gasteiger partial charge in [-0.1, -0.05) is 24.3 Å². The van der Waals surface area contributed by atoms with E-state index in [-0.39, 0.29) is 18.3 Å². The van der Waals surface area contributed by atoms with Crippen LogP contribution in [0.25, 0.3) is 10.2 Å². The van der Waals surface area contributed by atoms with Crippen molar-refractivity contribution in [1.29, 1.82) is 0 Å². The van der Waals surface area contributed by atoms with Crippen LogP contribution in [0.4, 0.5) is 5.13 Å². The molecule has 28 heavy (non-hydrogen) atoms. The standard InChI is InChI=1S/C20H27N5OS.ClH/c1-5-15-8-9-16-18(14-15)27-20(21-16)25(12-7-11-23(3)4)19(26)17-10-13-24(6-2)22-17;/h8-10,13-14H,5-7,11-12H2,1-4H3;1H. The van der Waals surface area contributed by atoms with Gasteiger partial charge in [-0.15, -0.1) is 12.4 Å². The molecule has 0 spiro atoms. The fourth-order valence-electron chi connectivity index (χ4n) is 2.91. The summed E-state index contributed by atoms with van der Waals surface area (Å²) in [5.74, 6) is -0.0873. The van der Waals surface area contributed by atoms with Gasteiger partial charge in [-0.05, 0) is 64.2 Å². The molecule has 152 valence electrons. The van der Waals surface area contributed by atoms with Gasteiger partial charge in [-0.3, -0.25) is 14.4 Å². The van der Waals surface area contributed by atoms with Crippen LogP contribution in [0.15, 0.2) is 30.5 Å². The monoisotopic (exact) mass is 421 g/mol. The number of nitrogens with zero attached hydrogens (tertiary/aromatic N) is 5. The first-order chi connectivity index (χ1) is 13.0. The molecule has 0 aliphatic carbocycles. The fourth-order valence-corrected chi connectivity index (χ4v) is 3.97. The number of hydrogen-bond acceptors (Lipinski definition) is 5. The highest BCUT2D eigenvalue weighted by molar-refractivity contribution is 7.22. The van der Waals surface area contributed by atoms with E-state index in [1.165, 1.54) is 5.56 Å². The molecule has 1 amide bonds. The molecule has 3 rings (SSSR count). The number of anilines is 1. The summed E-state index contributed by atoms with van der Waals surface area (Å²) in [6.07, 6.45) is 3.71. The maximum Gasteiger partial charge on any atom is 0.280 e. The Morgan fingerprint density at radius 1 is 1.18 bits per heavy atom. The third-order valence-electron chi connectivity index (χ3n) is 4.50. The zero-order valence-electron chi connectivity index (χ0n) is 16.9. The molecule has 6 nitrogen and oxygen atoms in total. The lowest BCUT2D eigenvalue weighted by atomic mass is 10.2. The molecule has 0 saturated carbocycles. The summed E-state index contributed by atoms with van der Waals surface area (Å²) >= 11 is 1.58. The van der Waals surface area contributed by atoms with Crippen LogP contribution >= 0.6 is 23.7 Å². The van der Waals surface area contributed by atoms with E-state index in [2.05, 4.69) is 29.1 Å². The average molecular weight is 422 g/mol. The van der Waals surface area contributed by atoms with Gasteiger partial charge in [0.1, 0.15) is 0 Å². The summed E-state index contributed by atoms with van der Waals surface area (Å²) in [6, 6.07) is 8.10. The van der Waals surface area contributed by atoms with E-state index in [9.17, 15) is 4.79 Å². The molecule has 0 radical (unpaired) electrons. The Labute approximate surface area is 176 Å². The maximum absolute atomic E-state index is 13.2. The Kier molecular flexibility index (Phi) is 7.98. The molecule has 0 N–H and O–H groups in total. The Morgan fingerprint density at radius 2 is 1.96 bits per heavy atom. The number of halogens is 1. The summed E-state index contributed by atoms with van der Waals surface area (Å²) in [6.45, 7) is 6.43. The van der Waals surface area contributed by atoms with Crippen LogP contribution in [0, 0.1) is 0 Å². The molecule has 0 unspecified atom stereocenters. The fraction of sp³-hybridized carbons (Fsp3) is 0.450. The van der Waals surface area contributed by atoms with Crippen LogP contribution in [-0.2, 0) is 13.0 Å². The van der Waals surface area contributed by atoms with Crippen LogP contribution in [0.3, 0.4) is 0 Å². The van der Waals surface area contributed by atoms with Crippen LogP contribution < -0.4 is 4.90 Å². The quantitative estimate of drug-likeness (QED) is 0.549. The molecule has 2 aromatic heterocycles. The largest absolute Gasteiger partial charge is 0.309 e. The maximum atomic E-state index is 13.2. The molecule has 0 bridgehead atoms. The van der Waals surface area contributed by atoms with Crippen LogP contribution in [0.5, 0.6) is 0 Å². The lowest BCUT2D eigenvalue weighted by Crippen LogP contribution is -2.33. The average Bonchev–Trinajstić information content (AvgIpc) is 3.30. The minimum absolute atomic E-state index is 0. The molecule has 1 aromatic carbocycles. The molecule has 0 aliphatic rings. The number of benzene rings is 1. The summed E-state index contributed by atoms with van der Waals surface area (Å²) in [5, 5.41) is 5.14. The van der Waals surface area contributed by atoms with Crippen LogP contribution in [-0.4, -0.2) is 52.8 Å². The van der Waals surface area contributed by atoms with E-state index >= 15 is 0 Å². The minimum atomic E-state index is -0.0873. The first-order valence-corrected chi connectivity index (χ1v) is 10.2. The van der Waals surface area contributed by atoms with Gasteiger partial charge in [0.05, 0.1) is 10.2 Å². The van der Waals surface area contributed by atoms with Gasteiger partial charge in [0.15, 0.2) is 10.8 Å². The van der Waals surface area contributed by atoms with Crippen molar-refractivity contribution in [1.82, 2.24) is 19.7 Å². The molecule has 3 aromatic rings. The van der Waals surface area contributed by atoms with Crippen molar-refractivity contribution in [3.8, 4) is 0 Å². The molecule has 0 aliphatic heterocycles. The highest BCUT2D eigenvalue weighted by atomic mass is 35.5. The van der Waals surface area contributed by atoms with E-state index in [4.69, 9.17) is 4.98 Å². The van der Waals surface area contributed by atoms with Gasteiger partial charge >= 0.3 is 0 Å². The Bertz CT molecular complexity index is 920. The Balaban J connectivity index is 0.00000280.